The maximum absolute atomic E-state index is 6.19. The first-order valence-electron chi connectivity index (χ1n) is 50.0. The van der Waals surface area contributed by atoms with E-state index in [1.165, 1.54) is 119 Å². The Kier molecular flexibility index (Phi) is 21.9. The first-order chi connectivity index (χ1) is 60.2. The topological polar surface area (TPSA) is 27.7 Å². The summed E-state index contributed by atoms with van der Waals surface area (Å²) < 4.78 is 17.6. The van der Waals surface area contributed by atoms with Crippen molar-refractivity contribution < 1.29 is 14.2 Å². The molecule has 22 aliphatic carbocycles. The van der Waals surface area contributed by atoms with E-state index in [1.807, 2.05) is 43.3 Å². The molecule has 0 aliphatic heterocycles. The molecular weight excluding hydrogens is 1480 g/mol. The highest BCUT2D eigenvalue weighted by atomic mass is 16.5. The van der Waals surface area contributed by atoms with Gasteiger partial charge in [-0.05, 0) is 419 Å². The molecule has 3 nitrogen and oxygen atoms in total. The van der Waals surface area contributed by atoms with Crippen molar-refractivity contribution in [2.45, 2.75) is 160 Å². The Bertz CT molecular complexity index is 4980. The van der Waals surface area contributed by atoms with Gasteiger partial charge in [-0.2, -0.15) is 0 Å². The highest BCUT2D eigenvalue weighted by molar-refractivity contribution is 5.70. The molecule has 36 unspecified atom stereocenters. The Morgan fingerprint density at radius 2 is 0.738 bits per heavy atom. The third-order valence-electron chi connectivity index (χ3n) is 37.8. The quantitative estimate of drug-likeness (QED) is 0.0548. The molecule has 15 fully saturated rings. The lowest BCUT2D eigenvalue weighted by molar-refractivity contribution is 0.144. The summed E-state index contributed by atoms with van der Waals surface area (Å²) in [5.41, 5.74) is 8.56. The van der Waals surface area contributed by atoms with Gasteiger partial charge in [0, 0.05) is 5.56 Å². The second-order valence-electron chi connectivity index (χ2n) is 43.8. The summed E-state index contributed by atoms with van der Waals surface area (Å²) >= 11 is 0. The van der Waals surface area contributed by atoms with Gasteiger partial charge >= 0.3 is 0 Å². The molecular formula is C119H136O3. The van der Waals surface area contributed by atoms with E-state index < -0.39 is 0 Å². The first kappa shape index (κ1) is 78.6. The largest absolute Gasteiger partial charge is 0.493 e. The fraction of sp³-hybridized carbons (Fsp3) is 0.513. The molecule has 630 valence electrons. The van der Waals surface area contributed by atoms with Crippen LogP contribution >= 0.6 is 0 Å². The van der Waals surface area contributed by atoms with E-state index >= 15 is 0 Å². The van der Waals surface area contributed by atoms with E-state index in [1.54, 1.807) is 55.2 Å². The molecule has 7 aromatic rings. The average molecular weight is 1610 g/mol. The third-order valence-corrected chi connectivity index (χ3v) is 37.8. The highest BCUT2D eigenvalue weighted by Gasteiger charge is 2.64. The van der Waals surface area contributed by atoms with Gasteiger partial charge in [-0.25, -0.2) is 0 Å². The molecule has 36 atom stereocenters. The van der Waals surface area contributed by atoms with Gasteiger partial charge in [-0.1, -0.05) is 262 Å². The van der Waals surface area contributed by atoms with Crippen LogP contribution in [0, 0.1) is 201 Å². The molecule has 122 heavy (non-hydrogen) atoms. The molecule has 22 aliphatic rings. The minimum atomic E-state index is 0.693. The standard InChI is InChI=1S/C20H20O.C20H24.C19H22.C18H20.C16H18O.C14H16O.C12H16/c1-2-6-16(7-3-1)19-8-4-5-9-20(19)21-14-18-13-15-10-11-17(18)12-15;1-2-4-13(5-3-1)6-7-14-10-17-12-18(14)20-16-9-8-15(11-16)19(17)20;1-2-4-12(5-3-1)8-15-10-16-11-17(15)19-14-7-6-13(9-14)18(16)19;1-2-4-11(5-3-1)15-9-14-10-16(15)18-13-7-6-12(8-13)17(14)18;1-11(2)17-15-5-3-4-13(10-15)16-9-12-6-7-14(16)8-12;1-2-4-14(5-3-1)15-10-13-9-11-6-7-12(13)8-11;1-2-8-5-7(1)11-9-3-4-10(6-9)12(8)11/h1-11,15,17-18H,12-14H2;1-5,8-9,14-20H,6-7,10-12H2;1-7,13-19H,8-11H2;1-7,12-18H,8-10H2;3-7,10,12,14,16H,1,8-9H2,2H3;1-7,11-13H,8-10H2;1-2,7-12H,3-6H2. The molecule has 0 N–H and O–H groups in total. The normalized spacial score (nSPS) is 41.8. The SMILES string of the molecule is C1=CC2CC1C1C3CC(CCc4ccccc4)C(C3)C21.C1=CC2CC1C1C3CC(Cc4ccccc4)C(C3)C21.C1=CC2CC1C1C3CC(c4ccccc4)C(C3)C21.C1=CC2CC1C1C3CCC(C3)C21.C1=CC2CC1CC2COc1ccccc1.C1=CC2CC1CC2COc1ccccc1-c1ccccc1.C=C(C)Oc1cccc(C2CC3C=CC2C3)c1. The van der Waals surface area contributed by atoms with Gasteiger partial charge in [0.25, 0.3) is 0 Å². The van der Waals surface area contributed by atoms with Crippen LogP contribution in [0.1, 0.15) is 169 Å². The fourth-order valence-corrected chi connectivity index (χ4v) is 33.6. The van der Waals surface area contributed by atoms with E-state index in [9.17, 15) is 0 Å². The van der Waals surface area contributed by atoms with Gasteiger partial charge in [0.15, 0.2) is 0 Å². The van der Waals surface area contributed by atoms with E-state index in [0.29, 0.717) is 11.8 Å². The summed E-state index contributed by atoms with van der Waals surface area (Å²) in [5, 5.41) is 0. The molecule has 0 aromatic heterocycles. The lowest BCUT2D eigenvalue weighted by atomic mass is 9.68. The zero-order valence-electron chi connectivity index (χ0n) is 72.8. The minimum Gasteiger partial charge on any atom is -0.493 e. The van der Waals surface area contributed by atoms with Crippen molar-refractivity contribution in [2.24, 2.45) is 201 Å². The number of hydrogen-bond acceptors (Lipinski definition) is 3. The second kappa shape index (κ2) is 34.0. The molecule has 0 spiro atoms. The van der Waals surface area contributed by atoms with Gasteiger partial charge in [0.1, 0.15) is 17.2 Å². The predicted octanol–water partition coefficient (Wildman–Crippen LogP) is 28.6. The third kappa shape index (κ3) is 15.3. The zero-order valence-corrected chi connectivity index (χ0v) is 72.8. The number of benzene rings is 7. The van der Waals surface area contributed by atoms with Crippen LogP contribution in [0.2, 0.25) is 0 Å². The van der Waals surface area contributed by atoms with Crippen molar-refractivity contribution in [1.29, 1.82) is 0 Å². The lowest BCUT2D eigenvalue weighted by Gasteiger charge is -2.37. The first-order valence-corrected chi connectivity index (χ1v) is 50.0. The monoisotopic (exact) mass is 1610 g/mol. The number of fused-ring (bicyclic) bond motifs is 42. The van der Waals surface area contributed by atoms with E-state index in [4.69, 9.17) is 14.2 Å². The summed E-state index contributed by atoms with van der Waals surface area (Å²) in [5.74, 6) is 38.7. The van der Waals surface area contributed by atoms with Crippen LogP contribution in [0.3, 0.4) is 0 Å². The van der Waals surface area contributed by atoms with Crippen LogP contribution in [-0.2, 0) is 12.8 Å². The van der Waals surface area contributed by atoms with Gasteiger partial charge in [0.05, 0.1) is 19.0 Å². The predicted molar refractivity (Wildman–Crippen MR) is 498 cm³/mol. The minimum absolute atomic E-state index is 0.693. The number of rotatable bonds is 16. The summed E-state index contributed by atoms with van der Waals surface area (Å²) in [6.45, 7) is 7.39. The molecule has 15 saturated carbocycles. The van der Waals surface area contributed by atoms with Crippen molar-refractivity contribution in [3.05, 3.63) is 320 Å². The van der Waals surface area contributed by atoms with Gasteiger partial charge in [0.2, 0.25) is 0 Å². The van der Waals surface area contributed by atoms with Crippen LogP contribution in [0.4, 0.5) is 0 Å². The van der Waals surface area contributed by atoms with Gasteiger partial charge < -0.3 is 14.2 Å². The number of allylic oxidation sites excluding steroid dienone is 15. The van der Waals surface area contributed by atoms with Crippen LogP contribution in [-0.4, -0.2) is 13.2 Å². The Labute approximate surface area is 732 Å². The lowest BCUT2D eigenvalue weighted by Crippen LogP contribution is -2.31. The highest BCUT2D eigenvalue weighted by Crippen LogP contribution is 2.72. The Balaban J connectivity index is 0.0000000830. The molecule has 22 bridgehead atoms. The molecule has 7 aromatic carbocycles. The van der Waals surface area contributed by atoms with E-state index in [0.717, 1.165) is 237 Å². The maximum atomic E-state index is 6.19. The van der Waals surface area contributed by atoms with Crippen LogP contribution in [0.15, 0.2) is 298 Å². The summed E-state index contributed by atoms with van der Waals surface area (Å²) in [4.78, 5) is 0. The van der Waals surface area contributed by atoms with Gasteiger partial charge in [-0.15, -0.1) is 0 Å². The zero-order chi connectivity index (χ0) is 80.9. The number of para-hydroxylation sites is 2. The fourth-order valence-electron chi connectivity index (χ4n) is 33.6. The average Bonchev–Trinajstić information content (AvgIpc) is 1.55. The molecule has 0 heterocycles. The smallest absolute Gasteiger partial charge is 0.127 e. The number of ether oxygens (including phenoxy) is 3. The van der Waals surface area contributed by atoms with Crippen molar-refractivity contribution in [3.63, 3.8) is 0 Å². The van der Waals surface area contributed by atoms with Crippen LogP contribution in [0.5, 0.6) is 17.2 Å². The molecule has 0 saturated heterocycles. The Morgan fingerprint density at radius 3 is 1.28 bits per heavy atom. The molecule has 29 rings (SSSR count). The van der Waals surface area contributed by atoms with E-state index in [2.05, 4.69) is 255 Å². The Morgan fingerprint density at radius 1 is 0.303 bits per heavy atom. The van der Waals surface area contributed by atoms with Crippen molar-refractivity contribution in [1.82, 2.24) is 0 Å². The Hall–Kier alpha value is -8.14. The molecule has 0 amide bonds. The maximum Gasteiger partial charge on any atom is 0.127 e. The summed E-state index contributed by atoms with van der Waals surface area (Å²) in [6.07, 6.45) is 66.8. The number of hydrogen-bond donors (Lipinski definition) is 0. The van der Waals surface area contributed by atoms with Gasteiger partial charge in [-0.3, -0.25) is 0 Å². The molecule has 0 radical (unpaired) electrons. The van der Waals surface area contributed by atoms with Crippen molar-refractivity contribution in [2.75, 3.05) is 13.2 Å². The molecule has 3 heteroatoms. The summed E-state index contributed by atoms with van der Waals surface area (Å²) in [6, 6.07) is 71.1. The van der Waals surface area contributed by atoms with Crippen LogP contribution < -0.4 is 14.2 Å². The number of aryl methyl sites for hydroxylation is 1. The van der Waals surface area contributed by atoms with Crippen molar-refractivity contribution in [3.8, 4) is 28.4 Å². The van der Waals surface area contributed by atoms with Crippen LogP contribution in [0.25, 0.3) is 11.1 Å². The summed E-state index contributed by atoms with van der Waals surface area (Å²) in [7, 11) is 0. The second-order valence-corrected chi connectivity index (χ2v) is 43.8. The van der Waals surface area contributed by atoms with Crippen molar-refractivity contribution >= 4 is 0 Å². The van der Waals surface area contributed by atoms with E-state index in [-0.39, 0.29) is 0 Å².